The molecule has 0 spiro atoms. The molecular weight excluding hydrogens is 207 g/mol. The highest BCUT2D eigenvalue weighted by molar-refractivity contribution is 5.57. The van der Waals surface area contributed by atoms with Gasteiger partial charge in [-0.05, 0) is 20.3 Å². The molecule has 88 valence electrons. The lowest BCUT2D eigenvalue weighted by atomic mass is 10.3. The van der Waals surface area contributed by atoms with Crippen LogP contribution in [0.4, 0.5) is 13.2 Å². The molecule has 1 rings (SSSR count). The van der Waals surface area contributed by atoms with Gasteiger partial charge in [-0.15, -0.1) is 0 Å². The molecule has 3 nitrogen and oxygen atoms in total. The molecule has 0 aromatic heterocycles. The van der Waals surface area contributed by atoms with E-state index in [-0.39, 0.29) is 6.04 Å². The molecule has 0 bridgehead atoms. The number of rotatable bonds is 3. The number of alkyl halides is 3. The molecule has 1 unspecified atom stereocenters. The maximum absolute atomic E-state index is 12.8. The highest BCUT2D eigenvalue weighted by atomic mass is 19.4. The number of hydrogen-bond donors (Lipinski definition) is 0. The standard InChI is InChI=1S/C9H16F3N3/c1-4-5-14-6-13-15(7(2)3)8(14)9(10,11)12/h6-8H,4-5H2,1-3H3. The van der Waals surface area contributed by atoms with Crippen LogP contribution < -0.4 is 0 Å². The van der Waals surface area contributed by atoms with Crippen molar-refractivity contribution in [2.45, 2.75) is 45.6 Å². The predicted octanol–water partition coefficient (Wildman–Crippen LogP) is 2.25. The third-order valence-electron chi connectivity index (χ3n) is 2.20. The van der Waals surface area contributed by atoms with Crippen LogP contribution in [0.2, 0.25) is 0 Å². The van der Waals surface area contributed by atoms with Crippen LogP contribution in [-0.2, 0) is 0 Å². The Morgan fingerprint density at radius 3 is 2.40 bits per heavy atom. The molecule has 0 aliphatic carbocycles. The first kappa shape index (κ1) is 12.1. The van der Waals surface area contributed by atoms with Gasteiger partial charge in [-0.1, -0.05) is 6.92 Å². The molecule has 15 heavy (non-hydrogen) atoms. The number of halogens is 3. The highest BCUT2D eigenvalue weighted by Crippen LogP contribution is 2.31. The van der Waals surface area contributed by atoms with Crippen LogP contribution in [0, 0.1) is 0 Å². The molecule has 6 heteroatoms. The SMILES string of the molecule is CCCN1C=NN(C(C)C)C1C(F)(F)F. The normalized spacial score (nSPS) is 21.9. The molecule has 1 heterocycles. The van der Waals surface area contributed by atoms with E-state index in [2.05, 4.69) is 5.10 Å². The fourth-order valence-corrected chi connectivity index (χ4v) is 1.60. The Kier molecular flexibility index (Phi) is 3.46. The first-order chi connectivity index (χ1) is 6.88. The lowest BCUT2D eigenvalue weighted by molar-refractivity contribution is -0.211. The number of hydrogen-bond acceptors (Lipinski definition) is 3. The van der Waals surface area contributed by atoms with Gasteiger partial charge in [0.15, 0.2) is 0 Å². The van der Waals surface area contributed by atoms with E-state index in [1.54, 1.807) is 13.8 Å². The fraction of sp³-hybridized carbons (Fsp3) is 0.889. The minimum absolute atomic E-state index is 0.255. The maximum atomic E-state index is 12.8. The summed E-state index contributed by atoms with van der Waals surface area (Å²) in [6.07, 6.45) is -3.92. The van der Waals surface area contributed by atoms with Gasteiger partial charge in [0.2, 0.25) is 6.17 Å². The van der Waals surface area contributed by atoms with E-state index in [0.29, 0.717) is 13.0 Å². The van der Waals surface area contributed by atoms with E-state index in [1.165, 1.54) is 11.2 Å². The van der Waals surface area contributed by atoms with Crippen LogP contribution >= 0.6 is 0 Å². The molecule has 0 amide bonds. The topological polar surface area (TPSA) is 18.8 Å². The van der Waals surface area contributed by atoms with Crippen molar-refractivity contribution in [3.05, 3.63) is 0 Å². The zero-order chi connectivity index (χ0) is 11.6. The van der Waals surface area contributed by atoms with Gasteiger partial charge in [0.05, 0.1) is 0 Å². The largest absolute Gasteiger partial charge is 0.429 e. The molecule has 1 aliphatic rings. The van der Waals surface area contributed by atoms with Crippen molar-refractivity contribution >= 4 is 6.34 Å². The van der Waals surface area contributed by atoms with E-state index in [9.17, 15) is 13.2 Å². The van der Waals surface area contributed by atoms with Crippen molar-refractivity contribution in [3.63, 3.8) is 0 Å². The Balaban J connectivity index is 2.82. The summed E-state index contributed by atoms with van der Waals surface area (Å²) in [7, 11) is 0. The summed E-state index contributed by atoms with van der Waals surface area (Å²) in [5.41, 5.74) is 0. The zero-order valence-corrected chi connectivity index (χ0v) is 9.12. The molecule has 1 atom stereocenters. The molecule has 0 aromatic carbocycles. The average Bonchev–Trinajstić information content (AvgIpc) is 2.47. The van der Waals surface area contributed by atoms with Crippen LogP contribution in [0.5, 0.6) is 0 Å². The third-order valence-corrected chi connectivity index (χ3v) is 2.20. The molecule has 0 saturated carbocycles. The Morgan fingerprint density at radius 1 is 1.40 bits per heavy atom. The molecule has 0 N–H and O–H groups in total. The first-order valence-electron chi connectivity index (χ1n) is 5.02. The summed E-state index contributed by atoms with van der Waals surface area (Å²) in [6, 6.07) is -0.255. The number of nitrogens with zero attached hydrogens (tertiary/aromatic N) is 3. The van der Waals surface area contributed by atoms with E-state index >= 15 is 0 Å². The van der Waals surface area contributed by atoms with Gasteiger partial charge in [-0.3, -0.25) is 5.01 Å². The minimum atomic E-state index is -4.27. The summed E-state index contributed by atoms with van der Waals surface area (Å²) < 4.78 is 38.3. The second-order valence-electron chi connectivity index (χ2n) is 3.86. The Labute approximate surface area is 87.5 Å². The van der Waals surface area contributed by atoms with Crippen LogP contribution in [0.25, 0.3) is 0 Å². The average molecular weight is 223 g/mol. The van der Waals surface area contributed by atoms with Gasteiger partial charge in [0.1, 0.15) is 6.34 Å². The second-order valence-corrected chi connectivity index (χ2v) is 3.86. The summed E-state index contributed by atoms with van der Waals surface area (Å²) in [4.78, 5) is 1.24. The maximum Gasteiger partial charge on any atom is 0.429 e. The minimum Gasteiger partial charge on any atom is -0.332 e. The summed E-state index contributed by atoms with van der Waals surface area (Å²) in [5, 5.41) is 4.89. The lowest BCUT2D eigenvalue weighted by Gasteiger charge is -2.33. The Morgan fingerprint density at radius 2 is 2.00 bits per heavy atom. The Hall–Kier alpha value is -0.940. The van der Waals surface area contributed by atoms with Gasteiger partial charge in [-0.25, -0.2) is 0 Å². The molecule has 1 aliphatic heterocycles. The van der Waals surface area contributed by atoms with E-state index in [4.69, 9.17) is 0 Å². The van der Waals surface area contributed by atoms with Crippen LogP contribution in [-0.4, -0.2) is 41.2 Å². The monoisotopic (exact) mass is 223 g/mol. The van der Waals surface area contributed by atoms with Crippen molar-refractivity contribution in [3.8, 4) is 0 Å². The van der Waals surface area contributed by atoms with Crippen LogP contribution in [0.3, 0.4) is 0 Å². The molecule has 0 aromatic rings. The molecule has 0 fully saturated rings. The number of hydrazone groups is 1. The van der Waals surface area contributed by atoms with Gasteiger partial charge in [0.25, 0.3) is 0 Å². The van der Waals surface area contributed by atoms with E-state index < -0.39 is 12.3 Å². The quantitative estimate of drug-likeness (QED) is 0.730. The second kappa shape index (κ2) is 4.28. The smallest absolute Gasteiger partial charge is 0.332 e. The van der Waals surface area contributed by atoms with Gasteiger partial charge in [-0.2, -0.15) is 18.3 Å². The van der Waals surface area contributed by atoms with Crippen molar-refractivity contribution < 1.29 is 13.2 Å². The summed E-state index contributed by atoms with van der Waals surface area (Å²) >= 11 is 0. The van der Waals surface area contributed by atoms with Crippen molar-refractivity contribution in [1.82, 2.24) is 9.91 Å². The van der Waals surface area contributed by atoms with E-state index in [0.717, 1.165) is 5.01 Å². The molecule has 0 saturated heterocycles. The molecule has 0 radical (unpaired) electrons. The summed E-state index contributed by atoms with van der Waals surface area (Å²) in [5.74, 6) is 0. The van der Waals surface area contributed by atoms with Gasteiger partial charge < -0.3 is 4.90 Å². The molecular formula is C9H16F3N3. The van der Waals surface area contributed by atoms with Crippen molar-refractivity contribution in [1.29, 1.82) is 0 Å². The van der Waals surface area contributed by atoms with Gasteiger partial charge >= 0.3 is 6.18 Å². The fourth-order valence-electron chi connectivity index (χ4n) is 1.60. The van der Waals surface area contributed by atoms with Crippen molar-refractivity contribution in [2.24, 2.45) is 5.10 Å². The van der Waals surface area contributed by atoms with Gasteiger partial charge in [0, 0.05) is 12.6 Å². The van der Waals surface area contributed by atoms with Crippen LogP contribution in [0.15, 0.2) is 5.10 Å². The zero-order valence-electron chi connectivity index (χ0n) is 9.12. The lowest BCUT2D eigenvalue weighted by Crippen LogP contribution is -2.52. The summed E-state index contributed by atoms with van der Waals surface area (Å²) in [6.45, 7) is 5.62. The van der Waals surface area contributed by atoms with Crippen LogP contribution in [0.1, 0.15) is 27.2 Å². The first-order valence-corrected chi connectivity index (χ1v) is 5.02. The van der Waals surface area contributed by atoms with E-state index in [1.807, 2.05) is 6.92 Å². The van der Waals surface area contributed by atoms with Crippen molar-refractivity contribution in [2.75, 3.05) is 6.54 Å². The predicted molar refractivity (Wildman–Crippen MR) is 52.3 cm³/mol. The highest BCUT2D eigenvalue weighted by Gasteiger charge is 2.49. The third kappa shape index (κ3) is 2.54. The Bertz CT molecular complexity index is 237.